The quantitative estimate of drug-likeness (QED) is 0.362. The number of hydrogen-bond acceptors (Lipinski definition) is 6. The molecule has 0 saturated heterocycles. The van der Waals surface area contributed by atoms with Crippen molar-refractivity contribution in [1.29, 1.82) is 5.26 Å². The summed E-state index contributed by atoms with van der Waals surface area (Å²) in [5.74, 6) is -0.145. The number of benzene rings is 2. The first-order valence-electron chi connectivity index (χ1n) is 7.10. The van der Waals surface area contributed by atoms with E-state index in [1.807, 2.05) is 0 Å². The van der Waals surface area contributed by atoms with Gasteiger partial charge in [0.05, 0.1) is 12.0 Å². The predicted octanol–water partition coefficient (Wildman–Crippen LogP) is 3.06. The molecule has 0 unspecified atom stereocenters. The Morgan fingerprint density at radius 3 is 2.72 bits per heavy atom. The van der Waals surface area contributed by atoms with Crippen LogP contribution in [0.4, 0.5) is 17.1 Å². The molecule has 8 heteroatoms. The highest BCUT2D eigenvalue weighted by molar-refractivity contribution is 6.07. The molecule has 0 aliphatic rings. The number of nitrogens with one attached hydrogen (secondary N) is 2. The first kappa shape index (κ1) is 17.5. The summed E-state index contributed by atoms with van der Waals surface area (Å²) < 4.78 is 5.08. The molecule has 0 heterocycles. The van der Waals surface area contributed by atoms with Crippen LogP contribution in [0.15, 0.2) is 60.3 Å². The first-order valence-corrected chi connectivity index (χ1v) is 7.10. The summed E-state index contributed by atoms with van der Waals surface area (Å²) in [6, 6.07) is 14.4. The van der Waals surface area contributed by atoms with E-state index in [2.05, 4.69) is 10.6 Å². The number of anilines is 2. The monoisotopic (exact) mass is 338 g/mol. The molecule has 0 fully saturated rings. The third kappa shape index (κ3) is 4.56. The number of methoxy groups -OCH3 is 1. The summed E-state index contributed by atoms with van der Waals surface area (Å²) in [6.45, 7) is 0. The zero-order valence-electron chi connectivity index (χ0n) is 13.2. The molecule has 8 nitrogen and oxygen atoms in total. The summed E-state index contributed by atoms with van der Waals surface area (Å²) in [7, 11) is 1.52. The largest absolute Gasteiger partial charge is 0.497 e. The topological polar surface area (TPSA) is 117 Å². The molecule has 2 aromatic carbocycles. The van der Waals surface area contributed by atoms with E-state index in [1.54, 1.807) is 36.4 Å². The van der Waals surface area contributed by atoms with Crippen molar-refractivity contribution in [2.24, 2.45) is 0 Å². The van der Waals surface area contributed by atoms with E-state index in [-0.39, 0.29) is 16.9 Å². The molecule has 0 aliphatic heterocycles. The van der Waals surface area contributed by atoms with Crippen molar-refractivity contribution in [3.63, 3.8) is 0 Å². The lowest BCUT2D eigenvalue weighted by Gasteiger charge is -2.06. The summed E-state index contributed by atoms with van der Waals surface area (Å²) in [5, 5.41) is 25.3. The SMILES string of the molecule is COc1cccc(N/C=C(/C#N)C(=O)Nc2ccccc2[N+](=O)[O-])c1. The van der Waals surface area contributed by atoms with Gasteiger partial charge < -0.3 is 15.4 Å². The zero-order chi connectivity index (χ0) is 18.2. The zero-order valence-corrected chi connectivity index (χ0v) is 13.2. The lowest BCUT2D eigenvalue weighted by Crippen LogP contribution is -2.15. The summed E-state index contributed by atoms with van der Waals surface area (Å²) >= 11 is 0. The molecule has 0 bridgehead atoms. The highest BCUT2D eigenvalue weighted by Gasteiger charge is 2.17. The third-order valence-corrected chi connectivity index (χ3v) is 3.17. The summed E-state index contributed by atoms with van der Waals surface area (Å²) in [5.41, 5.74) is 0.139. The Hall–Kier alpha value is -3.86. The minimum absolute atomic E-state index is 0.0139. The van der Waals surface area contributed by atoms with E-state index in [0.717, 1.165) is 0 Å². The smallest absolute Gasteiger partial charge is 0.292 e. The van der Waals surface area contributed by atoms with Crippen LogP contribution >= 0.6 is 0 Å². The van der Waals surface area contributed by atoms with Gasteiger partial charge in [0.1, 0.15) is 23.1 Å². The van der Waals surface area contributed by atoms with Crippen molar-refractivity contribution >= 4 is 23.0 Å². The Bertz CT molecular complexity index is 871. The Morgan fingerprint density at radius 2 is 2.04 bits per heavy atom. The van der Waals surface area contributed by atoms with Gasteiger partial charge in [-0.3, -0.25) is 14.9 Å². The van der Waals surface area contributed by atoms with E-state index in [1.165, 1.54) is 31.5 Å². The van der Waals surface area contributed by atoms with Gasteiger partial charge in [0, 0.05) is 24.0 Å². The van der Waals surface area contributed by atoms with Gasteiger partial charge in [-0.05, 0) is 18.2 Å². The molecule has 0 radical (unpaired) electrons. The van der Waals surface area contributed by atoms with Gasteiger partial charge in [-0.2, -0.15) is 5.26 Å². The molecule has 2 aromatic rings. The molecule has 0 atom stereocenters. The van der Waals surface area contributed by atoms with Gasteiger partial charge in [-0.15, -0.1) is 0 Å². The normalized spacial score (nSPS) is 10.5. The number of hydrogen-bond donors (Lipinski definition) is 2. The van der Waals surface area contributed by atoms with Crippen LogP contribution in [-0.2, 0) is 4.79 Å². The molecule has 0 saturated carbocycles. The third-order valence-electron chi connectivity index (χ3n) is 3.17. The molecule has 25 heavy (non-hydrogen) atoms. The number of amides is 1. The predicted molar refractivity (Wildman–Crippen MR) is 92.0 cm³/mol. The van der Waals surface area contributed by atoms with E-state index < -0.39 is 10.8 Å². The Labute approximate surface area is 143 Å². The van der Waals surface area contributed by atoms with Gasteiger partial charge in [0.15, 0.2) is 0 Å². The fourth-order valence-corrected chi connectivity index (χ4v) is 1.95. The summed E-state index contributed by atoms with van der Waals surface area (Å²) in [6.07, 6.45) is 1.22. The van der Waals surface area contributed by atoms with Crippen molar-refractivity contribution in [1.82, 2.24) is 0 Å². The molecule has 0 aliphatic carbocycles. The molecular weight excluding hydrogens is 324 g/mol. The second-order valence-electron chi connectivity index (χ2n) is 4.77. The number of para-hydroxylation sites is 2. The molecule has 2 N–H and O–H groups in total. The maximum absolute atomic E-state index is 12.2. The Kier molecular flexibility index (Phi) is 5.68. The van der Waals surface area contributed by atoms with Crippen molar-refractivity contribution < 1.29 is 14.5 Å². The number of carbonyl (C=O) groups is 1. The van der Waals surface area contributed by atoms with Gasteiger partial charge >= 0.3 is 0 Å². The van der Waals surface area contributed by atoms with E-state index in [4.69, 9.17) is 10.00 Å². The fourth-order valence-electron chi connectivity index (χ4n) is 1.95. The van der Waals surface area contributed by atoms with Gasteiger partial charge in [0.25, 0.3) is 11.6 Å². The van der Waals surface area contributed by atoms with Crippen LogP contribution in [0.25, 0.3) is 0 Å². The van der Waals surface area contributed by atoms with Crippen LogP contribution in [0.1, 0.15) is 0 Å². The van der Waals surface area contributed by atoms with Crippen LogP contribution < -0.4 is 15.4 Å². The second-order valence-corrected chi connectivity index (χ2v) is 4.77. The van der Waals surface area contributed by atoms with E-state index in [0.29, 0.717) is 11.4 Å². The molecule has 0 aromatic heterocycles. The van der Waals surface area contributed by atoms with Crippen molar-refractivity contribution in [3.05, 3.63) is 70.4 Å². The number of nitrogens with zero attached hydrogens (tertiary/aromatic N) is 2. The second kappa shape index (κ2) is 8.12. The van der Waals surface area contributed by atoms with E-state index >= 15 is 0 Å². The highest BCUT2D eigenvalue weighted by Crippen LogP contribution is 2.23. The number of rotatable bonds is 6. The van der Waals surface area contributed by atoms with Crippen LogP contribution in [0.2, 0.25) is 0 Å². The lowest BCUT2D eigenvalue weighted by molar-refractivity contribution is -0.383. The standard InChI is InChI=1S/C17H14N4O4/c1-25-14-6-4-5-13(9-14)19-11-12(10-18)17(22)20-15-7-2-3-8-16(15)21(23)24/h2-9,11,19H,1H3,(H,20,22)/b12-11-. The van der Waals surface area contributed by atoms with Gasteiger partial charge in [-0.25, -0.2) is 0 Å². The van der Waals surface area contributed by atoms with Gasteiger partial charge in [-0.1, -0.05) is 18.2 Å². The van der Waals surface area contributed by atoms with Crippen LogP contribution in [0, 0.1) is 21.4 Å². The minimum atomic E-state index is -0.757. The summed E-state index contributed by atoms with van der Waals surface area (Å²) in [4.78, 5) is 22.5. The number of carbonyl (C=O) groups excluding carboxylic acids is 1. The maximum Gasteiger partial charge on any atom is 0.292 e. The Balaban J connectivity index is 2.16. The number of nitriles is 1. The Morgan fingerprint density at radius 1 is 1.28 bits per heavy atom. The number of nitro benzene ring substituents is 1. The first-order chi connectivity index (χ1) is 12.0. The van der Waals surface area contributed by atoms with Crippen LogP contribution in [-0.4, -0.2) is 17.9 Å². The van der Waals surface area contributed by atoms with Crippen molar-refractivity contribution in [2.75, 3.05) is 17.7 Å². The lowest BCUT2D eigenvalue weighted by atomic mass is 10.2. The highest BCUT2D eigenvalue weighted by atomic mass is 16.6. The van der Waals surface area contributed by atoms with Gasteiger partial charge in [0.2, 0.25) is 0 Å². The minimum Gasteiger partial charge on any atom is -0.497 e. The average Bonchev–Trinajstić information content (AvgIpc) is 2.62. The molecule has 0 spiro atoms. The number of nitro groups is 1. The molecule has 126 valence electrons. The number of ether oxygens (including phenoxy) is 1. The van der Waals surface area contributed by atoms with Crippen LogP contribution in [0.3, 0.4) is 0 Å². The van der Waals surface area contributed by atoms with Crippen LogP contribution in [0.5, 0.6) is 5.75 Å². The molecule has 1 amide bonds. The fraction of sp³-hybridized carbons (Fsp3) is 0.0588. The molecular formula is C17H14N4O4. The van der Waals surface area contributed by atoms with E-state index in [9.17, 15) is 14.9 Å². The van der Waals surface area contributed by atoms with Crippen molar-refractivity contribution in [3.8, 4) is 11.8 Å². The average molecular weight is 338 g/mol. The van der Waals surface area contributed by atoms with Crippen molar-refractivity contribution in [2.45, 2.75) is 0 Å². The molecule has 2 rings (SSSR count). The maximum atomic E-state index is 12.2.